The van der Waals surface area contributed by atoms with Gasteiger partial charge in [0.05, 0.1) is 18.0 Å². The summed E-state index contributed by atoms with van der Waals surface area (Å²) >= 11 is 0. The number of aromatic nitrogens is 3. The van der Waals surface area contributed by atoms with Crippen molar-refractivity contribution in [3.05, 3.63) is 83.7 Å². The zero-order valence-electron chi connectivity index (χ0n) is 14.1. The summed E-state index contributed by atoms with van der Waals surface area (Å²) in [4.78, 5) is 19.1. The number of benzene rings is 1. The van der Waals surface area contributed by atoms with Gasteiger partial charge in [0.15, 0.2) is 0 Å². The Morgan fingerprint density at radius 3 is 2.44 bits per heavy atom. The molecule has 0 unspecified atom stereocenters. The molecule has 3 rings (SSSR count). The number of nitrogens with zero attached hydrogens (tertiary/aromatic N) is 3. The molecular weight excluding hydrogens is 343 g/mol. The summed E-state index contributed by atoms with van der Waals surface area (Å²) in [6, 6.07) is 10.6. The van der Waals surface area contributed by atoms with Crippen LogP contribution in [0.25, 0.3) is 0 Å². The molecular formula is C18H17KN4O2. The Labute approximate surface area is 188 Å². The minimum atomic E-state index is -1.16. The molecule has 6 nitrogen and oxygen atoms in total. The Morgan fingerprint density at radius 2 is 1.76 bits per heavy atom. The molecule has 0 fully saturated rings. The molecule has 0 aliphatic rings. The van der Waals surface area contributed by atoms with Crippen molar-refractivity contribution >= 4 is 5.97 Å². The van der Waals surface area contributed by atoms with Gasteiger partial charge >= 0.3 is 51.4 Å². The van der Waals surface area contributed by atoms with Gasteiger partial charge in [-0.3, -0.25) is 4.98 Å². The maximum Gasteiger partial charge on any atom is 1.00 e. The molecule has 0 bridgehead atoms. The molecule has 2 heterocycles. The van der Waals surface area contributed by atoms with Gasteiger partial charge in [-0.05, 0) is 28.8 Å². The van der Waals surface area contributed by atoms with E-state index in [0.717, 1.165) is 17.8 Å². The fourth-order valence-corrected chi connectivity index (χ4v) is 2.38. The Morgan fingerprint density at radius 1 is 1.04 bits per heavy atom. The van der Waals surface area contributed by atoms with Crippen molar-refractivity contribution in [1.82, 2.24) is 19.9 Å². The Kier molecular flexibility index (Phi) is 7.95. The molecule has 3 aromatic rings. The molecule has 0 radical (unpaired) electrons. The summed E-state index contributed by atoms with van der Waals surface area (Å²) in [7, 11) is 0. The van der Waals surface area contributed by atoms with E-state index in [9.17, 15) is 9.90 Å². The monoisotopic (exact) mass is 360 g/mol. The molecule has 2 aromatic heterocycles. The molecule has 0 aliphatic carbocycles. The normalized spacial score (nSPS) is 10.2. The number of carboxylic acid groups (broad SMARTS) is 1. The van der Waals surface area contributed by atoms with Gasteiger partial charge in [-0.1, -0.05) is 24.3 Å². The van der Waals surface area contributed by atoms with Crippen LogP contribution in [0.2, 0.25) is 0 Å². The largest absolute Gasteiger partial charge is 1.00 e. The third-order valence-corrected chi connectivity index (χ3v) is 3.63. The number of nitrogens with one attached hydrogen (secondary N) is 1. The summed E-state index contributed by atoms with van der Waals surface area (Å²) < 4.78 is 1.97. The van der Waals surface area contributed by atoms with Crippen LogP contribution in [0, 0.1) is 0 Å². The number of carbonyl (C=O) groups is 1. The summed E-state index contributed by atoms with van der Waals surface area (Å²) in [5, 5.41) is 14.1. The third kappa shape index (κ3) is 6.14. The second-order valence-electron chi connectivity index (χ2n) is 5.48. The van der Waals surface area contributed by atoms with Gasteiger partial charge in [0.1, 0.15) is 0 Å². The smallest absolute Gasteiger partial charge is 0.545 e. The Balaban J connectivity index is 0.00000225. The van der Waals surface area contributed by atoms with Crippen molar-refractivity contribution < 1.29 is 61.3 Å². The zero-order valence-corrected chi connectivity index (χ0v) is 17.2. The summed E-state index contributed by atoms with van der Waals surface area (Å²) in [5.74, 6) is -1.16. The van der Waals surface area contributed by atoms with Gasteiger partial charge in [0.2, 0.25) is 0 Å². The van der Waals surface area contributed by atoms with E-state index >= 15 is 0 Å². The second kappa shape index (κ2) is 9.96. The Bertz CT molecular complexity index is 803. The number of pyridine rings is 1. The molecule has 0 saturated heterocycles. The first-order valence-electron chi connectivity index (χ1n) is 7.61. The average Bonchev–Trinajstić information content (AvgIpc) is 3.04. The van der Waals surface area contributed by atoms with E-state index in [0.29, 0.717) is 13.1 Å². The number of hydrogen-bond donors (Lipinski definition) is 1. The molecule has 122 valence electrons. The predicted molar refractivity (Wildman–Crippen MR) is 86.9 cm³/mol. The van der Waals surface area contributed by atoms with Crippen LogP contribution in [0.5, 0.6) is 0 Å². The fourth-order valence-electron chi connectivity index (χ4n) is 2.38. The number of hydrogen-bond acceptors (Lipinski definition) is 5. The average molecular weight is 360 g/mol. The summed E-state index contributed by atoms with van der Waals surface area (Å²) in [6.45, 7) is 2.09. The second-order valence-corrected chi connectivity index (χ2v) is 5.48. The van der Waals surface area contributed by atoms with Crippen molar-refractivity contribution in [2.24, 2.45) is 0 Å². The van der Waals surface area contributed by atoms with E-state index in [1.165, 1.54) is 5.56 Å². The number of rotatable bonds is 7. The van der Waals surface area contributed by atoms with Crippen LogP contribution in [0.15, 0.2) is 61.3 Å². The maximum absolute atomic E-state index is 10.7. The summed E-state index contributed by atoms with van der Waals surface area (Å²) in [5.41, 5.74) is 3.33. The van der Waals surface area contributed by atoms with Crippen LogP contribution < -0.4 is 61.8 Å². The molecule has 0 spiro atoms. The topological polar surface area (TPSA) is 82.9 Å². The standard InChI is InChI=1S/C18H18N4O2.K/c23-18(24)16-3-1-15(2-4-16)11-22-12-17(21-13-22)10-20-9-14-5-7-19-8-6-14;/h1-8,12-13,20H,9-11H2,(H,23,24);/q;+1/p-1. The number of carboxylic acids is 1. The third-order valence-electron chi connectivity index (χ3n) is 3.63. The minimum Gasteiger partial charge on any atom is -0.545 e. The fraction of sp³-hybridized carbons (Fsp3) is 0.167. The maximum atomic E-state index is 10.7. The van der Waals surface area contributed by atoms with Crippen LogP contribution in [0.4, 0.5) is 0 Å². The van der Waals surface area contributed by atoms with E-state index in [-0.39, 0.29) is 56.9 Å². The van der Waals surface area contributed by atoms with E-state index in [4.69, 9.17) is 0 Å². The van der Waals surface area contributed by atoms with Crippen LogP contribution in [0.3, 0.4) is 0 Å². The van der Waals surface area contributed by atoms with E-state index < -0.39 is 5.97 Å². The molecule has 7 heteroatoms. The molecule has 1 aromatic carbocycles. The first-order chi connectivity index (χ1) is 11.7. The van der Waals surface area contributed by atoms with E-state index in [1.54, 1.807) is 43.0 Å². The molecule has 0 atom stereocenters. The van der Waals surface area contributed by atoms with Crippen molar-refractivity contribution in [3.63, 3.8) is 0 Å². The van der Waals surface area contributed by atoms with Gasteiger partial charge in [-0.15, -0.1) is 0 Å². The van der Waals surface area contributed by atoms with E-state index in [2.05, 4.69) is 15.3 Å². The van der Waals surface area contributed by atoms with Gasteiger partial charge in [0, 0.05) is 38.2 Å². The molecule has 25 heavy (non-hydrogen) atoms. The number of imidazole rings is 1. The van der Waals surface area contributed by atoms with Gasteiger partial charge in [-0.25, -0.2) is 4.98 Å². The molecule has 1 N–H and O–H groups in total. The van der Waals surface area contributed by atoms with Crippen LogP contribution in [0.1, 0.15) is 27.2 Å². The van der Waals surface area contributed by atoms with Gasteiger partial charge < -0.3 is 19.8 Å². The van der Waals surface area contributed by atoms with E-state index in [1.807, 2.05) is 22.9 Å². The quantitative estimate of drug-likeness (QED) is 0.492. The predicted octanol–water partition coefficient (Wildman–Crippen LogP) is -2.02. The zero-order chi connectivity index (χ0) is 16.8. The summed E-state index contributed by atoms with van der Waals surface area (Å²) in [6.07, 6.45) is 7.30. The minimum absolute atomic E-state index is 0. The first kappa shape index (κ1) is 20.0. The van der Waals surface area contributed by atoms with Crippen LogP contribution in [-0.2, 0) is 19.6 Å². The van der Waals surface area contributed by atoms with Crippen molar-refractivity contribution in [1.29, 1.82) is 0 Å². The van der Waals surface area contributed by atoms with Gasteiger partial charge in [0.25, 0.3) is 0 Å². The first-order valence-corrected chi connectivity index (χ1v) is 7.61. The number of carbonyl (C=O) groups excluding carboxylic acids is 1. The molecule has 0 aliphatic heterocycles. The molecule has 0 amide bonds. The molecule has 0 saturated carbocycles. The SMILES string of the molecule is O=C([O-])c1ccc(Cn2cnc(CNCc3ccncc3)c2)cc1.[K+]. The number of aromatic carboxylic acids is 1. The van der Waals surface area contributed by atoms with Crippen molar-refractivity contribution in [2.45, 2.75) is 19.6 Å². The van der Waals surface area contributed by atoms with Crippen LogP contribution in [-0.4, -0.2) is 20.5 Å². The Hall–Kier alpha value is -1.35. The van der Waals surface area contributed by atoms with Crippen molar-refractivity contribution in [3.8, 4) is 0 Å². The van der Waals surface area contributed by atoms with Gasteiger partial charge in [-0.2, -0.15) is 0 Å². The van der Waals surface area contributed by atoms with Crippen LogP contribution >= 0.6 is 0 Å². The van der Waals surface area contributed by atoms with Crippen molar-refractivity contribution in [2.75, 3.05) is 0 Å².